The molecule has 0 spiro atoms. The molecule has 2 atom stereocenters. The molecule has 2 aliphatic rings. The Hall–Kier alpha value is -2.41. The number of anilines is 2. The van der Waals surface area contributed by atoms with Gasteiger partial charge in [-0.05, 0) is 31.0 Å². The summed E-state index contributed by atoms with van der Waals surface area (Å²) in [6, 6.07) is 5.05. The van der Waals surface area contributed by atoms with Gasteiger partial charge in [-0.25, -0.2) is 0 Å². The van der Waals surface area contributed by atoms with E-state index < -0.39 is 0 Å². The van der Waals surface area contributed by atoms with Crippen molar-refractivity contribution in [1.29, 1.82) is 0 Å². The van der Waals surface area contributed by atoms with E-state index in [4.69, 9.17) is 4.74 Å². The quantitative estimate of drug-likeness (QED) is 0.867. The van der Waals surface area contributed by atoms with Crippen molar-refractivity contribution in [2.45, 2.75) is 51.7 Å². The number of fused-ring (bicyclic) bond motifs is 1. The lowest BCUT2D eigenvalue weighted by Crippen LogP contribution is -2.54. The number of carbonyl (C=O) groups is 3. The summed E-state index contributed by atoms with van der Waals surface area (Å²) in [5.74, 6) is -0.562. The van der Waals surface area contributed by atoms with E-state index in [2.05, 4.69) is 10.6 Å². The molecule has 1 saturated heterocycles. The van der Waals surface area contributed by atoms with Gasteiger partial charge in [-0.2, -0.15) is 0 Å². The number of hydrogen-bond acceptors (Lipinski definition) is 4. The molecule has 2 fully saturated rings. The molecule has 0 aromatic heterocycles. The minimum atomic E-state index is -0.234. The first-order chi connectivity index (χ1) is 12.4. The Balaban J connectivity index is 1.89. The Kier molecular flexibility index (Phi) is 5.56. The highest BCUT2D eigenvalue weighted by atomic mass is 16.5. The van der Waals surface area contributed by atoms with Crippen LogP contribution in [0.1, 0.15) is 49.9 Å². The molecule has 0 radical (unpaired) electrons. The van der Waals surface area contributed by atoms with E-state index in [9.17, 15) is 14.4 Å². The van der Waals surface area contributed by atoms with E-state index in [0.29, 0.717) is 30.1 Å². The van der Waals surface area contributed by atoms with Crippen LogP contribution in [-0.4, -0.2) is 47.9 Å². The van der Waals surface area contributed by atoms with Crippen LogP contribution in [0, 0.1) is 0 Å². The van der Waals surface area contributed by atoms with Crippen LogP contribution in [0.25, 0.3) is 0 Å². The lowest BCUT2D eigenvalue weighted by Gasteiger charge is -2.43. The van der Waals surface area contributed by atoms with Gasteiger partial charge in [0.25, 0.3) is 5.91 Å². The number of rotatable bonds is 3. The molecule has 140 valence electrons. The van der Waals surface area contributed by atoms with Crippen LogP contribution in [0.15, 0.2) is 18.2 Å². The second kappa shape index (κ2) is 7.86. The predicted octanol–water partition coefficient (Wildman–Crippen LogP) is 2.39. The average molecular weight is 359 g/mol. The van der Waals surface area contributed by atoms with Crippen molar-refractivity contribution >= 4 is 29.1 Å². The molecule has 1 saturated carbocycles. The van der Waals surface area contributed by atoms with Gasteiger partial charge in [-0.1, -0.05) is 12.8 Å². The van der Waals surface area contributed by atoms with Crippen LogP contribution in [0.4, 0.5) is 11.4 Å². The van der Waals surface area contributed by atoms with E-state index in [1.165, 1.54) is 13.8 Å². The number of nitrogens with one attached hydrogen (secondary N) is 2. The number of amides is 3. The maximum atomic E-state index is 13.2. The third-order valence-electron chi connectivity index (χ3n) is 4.81. The molecule has 1 heterocycles. The molecule has 2 unspecified atom stereocenters. The standard InChI is InChI=1S/C19H25N3O4/c1-12(23)20-15-9-14(10-16(11-15)21-13(2)24)19(25)22-7-8-26-18-6-4-3-5-17(18)22/h9-11,17-18H,3-8H2,1-2H3,(H,20,23)(H,21,24). The summed E-state index contributed by atoms with van der Waals surface area (Å²) < 4.78 is 5.84. The van der Waals surface area contributed by atoms with Crippen LogP contribution < -0.4 is 10.6 Å². The SMILES string of the molecule is CC(=O)Nc1cc(NC(C)=O)cc(C(=O)N2CCOC3CCCCC32)c1. The van der Waals surface area contributed by atoms with Crippen molar-refractivity contribution in [3.8, 4) is 0 Å². The van der Waals surface area contributed by atoms with E-state index in [-0.39, 0.29) is 29.9 Å². The molecule has 1 aromatic carbocycles. The molecule has 26 heavy (non-hydrogen) atoms. The lowest BCUT2D eigenvalue weighted by molar-refractivity contribution is -0.115. The van der Waals surface area contributed by atoms with Crippen molar-refractivity contribution in [3.05, 3.63) is 23.8 Å². The highest BCUT2D eigenvalue weighted by Gasteiger charge is 2.37. The van der Waals surface area contributed by atoms with Gasteiger partial charge in [0.2, 0.25) is 11.8 Å². The molecule has 2 N–H and O–H groups in total. The Morgan fingerprint density at radius 1 is 1.00 bits per heavy atom. The number of morpholine rings is 1. The van der Waals surface area contributed by atoms with Gasteiger partial charge in [0.05, 0.1) is 18.8 Å². The zero-order chi connectivity index (χ0) is 18.7. The van der Waals surface area contributed by atoms with Crippen molar-refractivity contribution in [2.75, 3.05) is 23.8 Å². The smallest absolute Gasteiger partial charge is 0.254 e. The molecule has 0 bridgehead atoms. The molecular formula is C19H25N3O4. The highest BCUT2D eigenvalue weighted by molar-refractivity contribution is 6.00. The molecule has 7 nitrogen and oxygen atoms in total. The summed E-state index contributed by atoms with van der Waals surface area (Å²) in [5, 5.41) is 5.37. The Morgan fingerprint density at radius 2 is 1.62 bits per heavy atom. The summed E-state index contributed by atoms with van der Waals surface area (Å²) in [6.45, 7) is 3.90. The van der Waals surface area contributed by atoms with E-state index in [1.807, 2.05) is 4.90 Å². The third kappa shape index (κ3) is 4.22. The van der Waals surface area contributed by atoms with Crippen LogP contribution in [0.2, 0.25) is 0 Å². The van der Waals surface area contributed by atoms with Gasteiger partial charge in [0, 0.05) is 37.3 Å². The molecule has 7 heteroatoms. The Bertz CT molecular complexity index is 682. The van der Waals surface area contributed by atoms with Crippen LogP contribution in [0.3, 0.4) is 0 Å². The number of nitrogens with zero attached hydrogens (tertiary/aromatic N) is 1. The largest absolute Gasteiger partial charge is 0.374 e. The number of hydrogen-bond donors (Lipinski definition) is 2. The highest BCUT2D eigenvalue weighted by Crippen LogP contribution is 2.30. The predicted molar refractivity (Wildman–Crippen MR) is 98.1 cm³/mol. The second-order valence-electron chi connectivity index (χ2n) is 6.92. The molecule has 1 aliphatic carbocycles. The first-order valence-corrected chi connectivity index (χ1v) is 9.07. The second-order valence-corrected chi connectivity index (χ2v) is 6.92. The first kappa shape index (κ1) is 18.4. The van der Waals surface area contributed by atoms with Crippen molar-refractivity contribution in [3.63, 3.8) is 0 Å². The monoisotopic (exact) mass is 359 g/mol. The minimum Gasteiger partial charge on any atom is -0.374 e. The van der Waals surface area contributed by atoms with E-state index in [1.54, 1.807) is 18.2 Å². The molecular weight excluding hydrogens is 334 g/mol. The number of ether oxygens (including phenoxy) is 1. The van der Waals surface area contributed by atoms with Gasteiger partial charge >= 0.3 is 0 Å². The van der Waals surface area contributed by atoms with Crippen LogP contribution >= 0.6 is 0 Å². The summed E-state index contributed by atoms with van der Waals surface area (Å²) in [7, 11) is 0. The van der Waals surface area contributed by atoms with Gasteiger partial charge in [-0.3, -0.25) is 14.4 Å². The zero-order valence-electron chi connectivity index (χ0n) is 15.2. The van der Waals surface area contributed by atoms with Crippen LogP contribution in [0.5, 0.6) is 0 Å². The van der Waals surface area contributed by atoms with E-state index in [0.717, 1.165) is 25.7 Å². The summed E-state index contributed by atoms with van der Waals surface area (Å²) in [4.78, 5) is 37.9. The molecule has 1 aromatic rings. The minimum absolute atomic E-state index is 0.0935. The molecule has 1 aliphatic heterocycles. The fourth-order valence-electron chi connectivity index (χ4n) is 3.82. The fraction of sp³-hybridized carbons (Fsp3) is 0.526. The Labute approximate surface area is 153 Å². The van der Waals surface area contributed by atoms with Gasteiger partial charge < -0.3 is 20.3 Å². The summed E-state index contributed by atoms with van der Waals surface area (Å²) >= 11 is 0. The van der Waals surface area contributed by atoms with Crippen molar-refractivity contribution in [2.24, 2.45) is 0 Å². The van der Waals surface area contributed by atoms with Crippen molar-refractivity contribution in [1.82, 2.24) is 4.90 Å². The third-order valence-corrected chi connectivity index (χ3v) is 4.81. The first-order valence-electron chi connectivity index (χ1n) is 9.07. The number of carbonyl (C=O) groups excluding carboxylic acids is 3. The molecule has 3 amide bonds. The number of benzene rings is 1. The fourth-order valence-corrected chi connectivity index (χ4v) is 3.82. The molecule has 3 rings (SSSR count). The van der Waals surface area contributed by atoms with Crippen LogP contribution in [-0.2, 0) is 14.3 Å². The van der Waals surface area contributed by atoms with Gasteiger partial charge in [0.15, 0.2) is 0 Å². The Morgan fingerprint density at radius 3 is 2.23 bits per heavy atom. The zero-order valence-corrected chi connectivity index (χ0v) is 15.2. The average Bonchev–Trinajstić information content (AvgIpc) is 2.59. The maximum absolute atomic E-state index is 13.2. The lowest BCUT2D eigenvalue weighted by atomic mass is 9.89. The summed E-state index contributed by atoms with van der Waals surface area (Å²) in [5.41, 5.74) is 1.42. The van der Waals surface area contributed by atoms with Gasteiger partial charge in [-0.15, -0.1) is 0 Å². The summed E-state index contributed by atoms with van der Waals surface area (Å²) in [6.07, 6.45) is 4.26. The topological polar surface area (TPSA) is 87.7 Å². The van der Waals surface area contributed by atoms with Gasteiger partial charge in [0.1, 0.15) is 0 Å². The maximum Gasteiger partial charge on any atom is 0.254 e. The van der Waals surface area contributed by atoms with E-state index >= 15 is 0 Å². The normalized spacial score (nSPS) is 22.3. The van der Waals surface area contributed by atoms with Crippen molar-refractivity contribution < 1.29 is 19.1 Å².